The van der Waals surface area contributed by atoms with Crippen molar-refractivity contribution in [3.63, 3.8) is 0 Å². The fourth-order valence-electron chi connectivity index (χ4n) is 1.28. The van der Waals surface area contributed by atoms with Gasteiger partial charge in [-0.2, -0.15) is 0 Å². The predicted molar refractivity (Wildman–Crippen MR) is 42.5 cm³/mol. The van der Waals surface area contributed by atoms with E-state index in [1.807, 2.05) is 6.07 Å². The summed E-state index contributed by atoms with van der Waals surface area (Å²) in [4.78, 5) is 3.97. The normalized spacial score (nSPS) is 21.1. The van der Waals surface area contributed by atoms with Crippen molar-refractivity contribution in [1.82, 2.24) is 4.98 Å². The van der Waals surface area contributed by atoms with E-state index in [0.29, 0.717) is 11.2 Å². The van der Waals surface area contributed by atoms with Gasteiger partial charge in [0.2, 0.25) is 17.3 Å². The van der Waals surface area contributed by atoms with Crippen LogP contribution >= 0.6 is 11.6 Å². The largest absolute Gasteiger partial charge is 0.300 e. The molecule has 0 saturated carbocycles. The Morgan fingerprint density at radius 1 is 1.82 bits per heavy atom. The molecule has 1 N–H and O–H groups in total. The molecule has 11 heavy (non-hydrogen) atoms. The van der Waals surface area contributed by atoms with E-state index in [2.05, 4.69) is 21.8 Å². The van der Waals surface area contributed by atoms with Crippen molar-refractivity contribution in [2.24, 2.45) is 0 Å². The van der Waals surface area contributed by atoms with Crippen LogP contribution in [0.5, 0.6) is 0 Å². The summed E-state index contributed by atoms with van der Waals surface area (Å²) in [5, 5.41) is 3.82. The highest BCUT2D eigenvalue weighted by molar-refractivity contribution is 6.29. The first-order chi connectivity index (χ1) is 5.25. The van der Waals surface area contributed by atoms with E-state index in [-0.39, 0.29) is 0 Å². The van der Waals surface area contributed by atoms with Crippen LogP contribution in [0.3, 0.4) is 0 Å². The second-order valence-electron chi connectivity index (χ2n) is 2.79. The zero-order valence-corrected chi connectivity index (χ0v) is 6.97. The van der Waals surface area contributed by atoms with Gasteiger partial charge >= 0.3 is 0 Å². The zero-order valence-electron chi connectivity index (χ0n) is 6.21. The van der Waals surface area contributed by atoms with Gasteiger partial charge in [0.05, 0.1) is 6.07 Å². The van der Waals surface area contributed by atoms with Crippen LogP contribution < -0.4 is 9.88 Å². The van der Waals surface area contributed by atoms with Crippen molar-refractivity contribution in [3.05, 3.63) is 17.5 Å². The highest BCUT2D eigenvalue weighted by Crippen LogP contribution is 2.12. The van der Waals surface area contributed by atoms with Crippen molar-refractivity contribution in [3.8, 4) is 0 Å². The van der Waals surface area contributed by atoms with Crippen molar-refractivity contribution in [2.75, 3.05) is 5.32 Å². The van der Waals surface area contributed by atoms with Gasteiger partial charge in [-0.3, -0.25) is 5.32 Å². The SMILES string of the molecule is CC1C[n+]2cnc(Cl)cc2N1. The quantitative estimate of drug-likeness (QED) is 0.462. The van der Waals surface area contributed by atoms with Crippen LogP contribution in [0.15, 0.2) is 12.4 Å². The summed E-state index contributed by atoms with van der Waals surface area (Å²) < 4.78 is 2.05. The zero-order chi connectivity index (χ0) is 7.84. The number of nitrogens with one attached hydrogen (secondary N) is 1. The van der Waals surface area contributed by atoms with Crippen LogP contribution in [0, 0.1) is 0 Å². The van der Waals surface area contributed by atoms with Gasteiger partial charge in [0.15, 0.2) is 0 Å². The molecule has 1 aromatic rings. The van der Waals surface area contributed by atoms with E-state index in [1.165, 1.54) is 0 Å². The number of nitrogens with zero attached hydrogens (tertiary/aromatic N) is 2. The minimum absolute atomic E-state index is 0.482. The minimum atomic E-state index is 0.482. The molecule has 0 bridgehead atoms. The molecule has 0 amide bonds. The van der Waals surface area contributed by atoms with Crippen LogP contribution in [-0.2, 0) is 6.54 Å². The number of rotatable bonds is 0. The van der Waals surface area contributed by atoms with Crippen LogP contribution in [0.1, 0.15) is 6.92 Å². The highest BCUT2D eigenvalue weighted by Gasteiger charge is 2.21. The molecule has 0 saturated heterocycles. The van der Waals surface area contributed by atoms with Gasteiger partial charge in [-0.05, 0) is 18.5 Å². The summed E-state index contributed by atoms with van der Waals surface area (Å²) in [5.41, 5.74) is 0. The molecule has 2 rings (SSSR count). The summed E-state index contributed by atoms with van der Waals surface area (Å²) in [6, 6.07) is 2.32. The summed E-state index contributed by atoms with van der Waals surface area (Å²) >= 11 is 5.71. The lowest BCUT2D eigenvalue weighted by atomic mass is 10.4. The molecular formula is C7H9ClN3+. The minimum Gasteiger partial charge on any atom is -0.300 e. The first kappa shape index (κ1) is 6.85. The molecule has 4 heteroatoms. The van der Waals surface area contributed by atoms with Crippen molar-refractivity contribution >= 4 is 17.4 Å². The third kappa shape index (κ3) is 1.16. The van der Waals surface area contributed by atoms with E-state index in [1.54, 1.807) is 6.33 Å². The second kappa shape index (κ2) is 2.34. The van der Waals surface area contributed by atoms with Gasteiger partial charge in [0, 0.05) is 0 Å². The van der Waals surface area contributed by atoms with Gasteiger partial charge in [0.1, 0.15) is 12.6 Å². The molecule has 1 aliphatic heterocycles. The molecule has 0 aromatic carbocycles. The van der Waals surface area contributed by atoms with Crippen molar-refractivity contribution in [1.29, 1.82) is 0 Å². The summed E-state index contributed by atoms with van der Waals surface area (Å²) in [6.45, 7) is 3.10. The molecule has 0 fully saturated rings. The Kier molecular flexibility index (Phi) is 1.46. The van der Waals surface area contributed by atoms with Gasteiger partial charge in [-0.25, -0.2) is 4.57 Å². The topological polar surface area (TPSA) is 28.8 Å². The Labute approximate surface area is 70.0 Å². The number of hydrogen-bond acceptors (Lipinski definition) is 2. The van der Waals surface area contributed by atoms with E-state index in [0.717, 1.165) is 12.4 Å². The Balaban J connectivity index is 2.43. The van der Waals surface area contributed by atoms with Crippen LogP contribution in [0.2, 0.25) is 5.15 Å². The average molecular weight is 171 g/mol. The lowest BCUT2D eigenvalue weighted by Gasteiger charge is -1.92. The molecule has 58 valence electrons. The molecule has 3 nitrogen and oxygen atoms in total. The Hall–Kier alpha value is -0.830. The number of anilines is 1. The number of halogens is 1. The maximum absolute atomic E-state index is 5.71. The third-order valence-corrected chi connectivity index (χ3v) is 1.96. The van der Waals surface area contributed by atoms with Gasteiger partial charge in [-0.15, -0.1) is 0 Å². The molecule has 1 atom stereocenters. The van der Waals surface area contributed by atoms with E-state index >= 15 is 0 Å². The summed E-state index contributed by atoms with van der Waals surface area (Å²) in [6.07, 6.45) is 1.76. The first-order valence-corrected chi connectivity index (χ1v) is 3.95. The standard InChI is InChI=1S/C7H8ClN3/c1-5-3-11-4-9-6(8)2-7(11)10-5/h2,4-5H,3H2,1H3/p+1. The van der Waals surface area contributed by atoms with E-state index < -0.39 is 0 Å². The number of fused-ring (bicyclic) bond motifs is 1. The van der Waals surface area contributed by atoms with Crippen LogP contribution in [0.25, 0.3) is 0 Å². The Bertz CT molecular complexity index is 287. The van der Waals surface area contributed by atoms with Crippen LogP contribution in [0.4, 0.5) is 5.82 Å². The van der Waals surface area contributed by atoms with Gasteiger partial charge in [-0.1, -0.05) is 4.98 Å². The van der Waals surface area contributed by atoms with Gasteiger partial charge < -0.3 is 0 Å². The van der Waals surface area contributed by atoms with E-state index in [4.69, 9.17) is 11.6 Å². The van der Waals surface area contributed by atoms with E-state index in [9.17, 15) is 0 Å². The fourth-order valence-corrected chi connectivity index (χ4v) is 1.43. The second-order valence-corrected chi connectivity index (χ2v) is 3.18. The summed E-state index contributed by atoms with van der Waals surface area (Å²) in [7, 11) is 0. The fraction of sp³-hybridized carbons (Fsp3) is 0.429. The first-order valence-electron chi connectivity index (χ1n) is 3.57. The van der Waals surface area contributed by atoms with Crippen LogP contribution in [-0.4, -0.2) is 11.0 Å². The highest BCUT2D eigenvalue weighted by atomic mass is 35.5. The molecule has 0 aliphatic carbocycles. The lowest BCUT2D eigenvalue weighted by Crippen LogP contribution is -2.32. The maximum atomic E-state index is 5.71. The summed E-state index contributed by atoms with van der Waals surface area (Å²) in [5.74, 6) is 1.05. The van der Waals surface area contributed by atoms with Gasteiger partial charge in [0.25, 0.3) is 0 Å². The third-order valence-electron chi connectivity index (χ3n) is 1.75. The molecule has 1 unspecified atom stereocenters. The monoisotopic (exact) mass is 170 g/mol. The molecule has 2 heterocycles. The number of hydrogen-bond donors (Lipinski definition) is 1. The smallest absolute Gasteiger partial charge is 0.227 e. The lowest BCUT2D eigenvalue weighted by molar-refractivity contribution is -0.676. The molecule has 0 radical (unpaired) electrons. The Morgan fingerprint density at radius 2 is 2.64 bits per heavy atom. The molecular weight excluding hydrogens is 162 g/mol. The molecule has 1 aromatic heterocycles. The van der Waals surface area contributed by atoms with Crippen molar-refractivity contribution in [2.45, 2.75) is 19.5 Å². The van der Waals surface area contributed by atoms with Crippen molar-refractivity contribution < 1.29 is 4.57 Å². The average Bonchev–Trinajstić information content (AvgIpc) is 2.27. The molecule has 0 spiro atoms. The maximum Gasteiger partial charge on any atom is 0.227 e. The molecule has 1 aliphatic rings. The number of aromatic nitrogens is 2. The Morgan fingerprint density at radius 3 is 3.45 bits per heavy atom. The predicted octanol–water partition coefficient (Wildman–Crippen LogP) is 0.836.